The summed E-state index contributed by atoms with van der Waals surface area (Å²) in [6.07, 6.45) is 41.7. The van der Waals surface area contributed by atoms with E-state index in [0.29, 0.717) is 0 Å². The molecule has 0 aliphatic heterocycles. The van der Waals surface area contributed by atoms with Gasteiger partial charge in [0.05, 0.1) is 5.41 Å². The summed E-state index contributed by atoms with van der Waals surface area (Å²) in [5, 5.41) is 0. The predicted octanol–water partition coefficient (Wildman–Crippen LogP) is 20.0. The Labute approximate surface area is 468 Å². The molecule has 0 N–H and O–H groups in total. The van der Waals surface area contributed by atoms with Crippen LogP contribution in [0.1, 0.15) is 98.1 Å². The van der Waals surface area contributed by atoms with Crippen molar-refractivity contribution in [2.45, 2.75) is 75.5 Å². The number of hydrogen-bond donors (Lipinski definition) is 1. The number of allylic oxidation sites excluding steroid dienone is 19. The first kappa shape index (κ1) is 49.5. The molecule has 0 bridgehead atoms. The molecule has 7 aliphatic carbocycles. The van der Waals surface area contributed by atoms with Gasteiger partial charge in [0.25, 0.3) is 0 Å². The van der Waals surface area contributed by atoms with Crippen LogP contribution in [0.5, 0.6) is 0 Å². The summed E-state index contributed by atoms with van der Waals surface area (Å²) in [6, 6.07) is 64.4. The molecule has 0 fully saturated rings. The van der Waals surface area contributed by atoms with Crippen molar-refractivity contribution in [2.24, 2.45) is 0 Å². The van der Waals surface area contributed by atoms with Crippen molar-refractivity contribution in [1.82, 2.24) is 0 Å². The smallest absolute Gasteiger partial charge is 0.0690 e. The van der Waals surface area contributed by atoms with Gasteiger partial charge in [-0.3, -0.25) is 0 Å². The van der Waals surface area contributed by atoms with Crippen LogP contribution in [-0.2, 0) is 10.8 Å². The molecule has 0 saturated carbocycles. The Hall–Kier alpha value is -8.11. The van der Waals surface area contributed by atoms with Gasteiger partial charge >= 0.3 is 0 Å². The van der Waals surface area contributed by atoms with E-state index in [-0.39, 0.29) is 5.41 Å². The molecule has 0 heterocycles. The molecule has 382 valence electrons. The van der Waals surface area contributed by atoms with Crippen molar-refractivity contribution in [3.8, 4) is 22.3 Å². The molecular weight excluding hydrogens is 961 g/mol. The Morgan fingerprint density at radius 2 is 1.01 bits per heavy atom. The van der Waals surface area contributed by atoms with Crippen LogP contribution in [0.15, 0.2) is 277 Å². The SMILES string of the molecule is CC1(c2ccccc2)C=CC(N(C2=CC=C(C3=CC=CCC3)CC2)c2ccc3c(c2)C2(C4=C(C=CCC4)c4ccc(N(c5ccc(C6=CC=CCC6)cc5)c5ccc(-c6ccccc6)cc5)cc42)c2ccccc2-3)=CC1.CS. The minimum Gasteiger partial charge on any atom is -0.315 e. The van der Waals surface area contributed by atoms with Crippen LogP contribution in [0.4, 0.5) is 22.7 Å². The molecular formula is C75H66N2S. The minimum absolute atomic E-state index is 0.0812. The Morgan fingerprint density at radius 1 is 0.436 bits per heavy atom. The standard InChI is InChI=1S/C74H62N2.CH4S/c1-73(58-24-12-5-13-25-58)48-46-62(47-49-73)76(61-40-34-57(35-41-61)54-22-10-4-11-23-54)64-43-45-68-66-27-15-17-29-70(66)74(72(68)51-64)69-28-16-14-26-65(69)67-44-42-63(50-71(67)74)75(59-36-30-55(31-37-59)52-18-6-2-7-19-52)60-38-32-56(33-39-60)53-20-8-3-9-21-53;1-2/h2-8,10,12-15,17-20,22,24-27,29-34,36-40,42-48,50-51H,9,11,16,21,23,28,35,41,49H2,1H3;2H,1H3. The fourth-order valence-electron chi connectivity index (χ4n) is 13.6. The molecule has 0 radical (unpaired) electrons. The maximum absolute atomic E-state index is 3.53. The molecule has 0 amide bonds. The van der Waals surface area contributed by atoms with Crippen molar-refractivity contribution in [1.29, 1.82) is 0 Å². The first-order valence-corrected chi connectivity index (χ1v) is 29.1. The van der Waals surface area contributed by atoms with Gasteiger partial charge in [-0.1, -0.05) is 195 Å². The van der Waals surface area contributed by atoms with Crippen molar-refractivity contribution in [2.75, 3.05) is 16.1 Å². The van der Waals surface area contributed by atoms with Gasteiger partial charge in [-0.05, 0) is 208 Å². The highest BCUT2D eigenvalue weighted by molar-refractivity contribution is 7.79. The van der Waals surface area contributed by atoms with E-state index < -0.39 is 5.41 Å². The summed E-state index contributed by atoms with van der Waals surface area (Å²) >= 11 is 3.53. The number of anilines is 4. The third-order valence-corrected chi connectivity index (χ3v) is 17.5. The Balaban J connectivity index is 0.00000286. The van der Waals surface area contributed by atoms with Gasteiger partial charge in [0.1, 0.15) is 0 Å². The Morgan fingerprint density at radius 3 is 1.68 bits per heavy atom. The lowest BCUT2D eigenvalue weighted by molar-refractivity contribution is 0.594. The highest BCUT2D eigenvalue weighted by atomic mass is 32.1. The van der Waals surface area contributed by atoms with Crippen LogP contribution in [0, 0.1) is 0 Å². The molecule has 7 aromatic carbocycles. The van der Waals surface area contributed by atoms with Gasteiger partial charge in [0.2, 0.25) is 0 Å². The van der Waals surface area contributed by atoms with Gasteiger partial charge in [0, 0.05) is 39.6 Å². The topological polar surface area (TPSA) is 6.48 Å². The van der Waals surface area contributed by atoms with Crippen molar-refractivity contribution >= 4 is 46.5 Å². The summed E-state index contributed by atoms with van der Waals surface area (Å²) in [7, 11) is 0. The molecule has 0 saturated heterocycles. The maximum atomic E-state index is 3.53. The van der Waals surface area contributed by atoms with Crippen LogP contribution < -0.4 is 9.80 Å². The zero-order valence-electron chi connectivity index (χ0n) is 44.9. The van der Waals surface area contributed by atoms with Crippen LogP contribution in [0.3, 0.4) is 0 Å². The Bertz CT molecular complexity index is 3780. The molecule has 3 heteroatoms. The second-order valence-electron chi connectivity index (χ2n) is 21.8. The van der Waals surface area contributed by atoms with E-state index in [2.05, 4.69) is 278 Å². The lowest BCUT2D eigenvalue weighted by Crippen LogP contribution is -2.29. The molecule has 2 nitrogen and oxygen atoms in total. The number of rotatable bonds is 10. The number of benzene rings is 7. The summed E-state index contributed by atoms with van der Waals surface area (Å²) in [4.78, 5) is 5.09. The first-order valence-electron chi connectivity index (χ1n) is 28.2. The summed E-state index contributed by atoms with van der Waals surface area (Å²) in [6.45, 7) is 2.38. The summed E-state index contributed by atoms with van der Waals surface area (Å²) < 4.78 is 0. The largest absolute Gasteiger partial charge is 0.315 e. The van der Waals surface area contributed by atoms with E-state index in [1.54, 1.807) is 6.26 Å². The number of nitrogens with zero attached hydrogens (tertiary/aromatic N) is 2. The molecule has 1 spiro atoms. The fraction of sp³-hybridized carbons (Fsp3) is 0.173. The molecule has 7 aliphatic rings. The number of thiol groups is 1. The van der Waals surface area contributed by atoms with E-state index in [4.69, 9.17) is 0 Å². The average Bonchev–Trinajstić information content (AvgIpc) is 3.94. The monoisotopic (exact) mass is 1030 g/mol. The van der Waals surface area contributed by atoms with E-state index in [9.17, 15) is 0 Å². The minimum atomic E-state index is -0.482. The van der Waals surface area contributed by atoms with Crippen LogP contribution >= 0.6 is 12.6 Å². The fourth-order valence-corrected chi connectivity index (χ4v) is 13.6. The lowest BCUT2D eigenvalue weighted by atomic mass is 9.68. The average molecular weight is 1030 g/mol. The van der Waals surface area contributed by atoms with Gasteiger partial charge < -0.3 is 9.80 Å². The molecule has 2 unspecified atom stereocenters. The normalized spacial score (nSPS) is 20.3. The maximum Gasteiger partial charge on any atom is 0.0690 e. The second kappa shape index (κ2) is 21.0. The zero-order chi connectivity index (χ0) is 52.6. The second-order valence-corrected chi connectivity index (χ2v) is 21.8. The zero-order valence-corrected chi connectivity index (χ0v) is 45.8. The lowest BCUT2D eigenvalue weighted by Gasteiger charge is -2.37. The van der Waals surface area contributed by atoms with E-state index in [1.165, 1.54) is 101 Å². The quantitative estimate of drug-likeness (QED) is 0.136. The molecule has 14 rings (SSSR count). The summed E-state index contributed by atoms with van der Waals surface area (Å²) in [5.74, 6) is 0. The van der Waals surface area contributed by atoms with Crippen LogP contribution in [0.2, 0.25) is 0 Å². The van der Waals surface area contributed by atoms with E-state index in [1.807, 2.05) is 0 Å². The predicted molar refractivity (Wildman–Crippen MR) is 335 cm³/mol. The van der Waals surface area contributed by atoms with Gasteiger partial charge in [-0.15, -0.1) is 0 Å². The summed E-state index contributed by atoms with van der Waals surface area (Å²) in [5.41, 5.74) is 27.1. The van der Waals surface area contributed by atoms with Crippen molar-refractivity contribution in [3.63, 3.8) is 0 Å². The highest BCUT2D eigenvalue weighted by Crippen LogP contribution is 2.65. The van der Waals surface area contributed by atoms with Gasteiger partial charge in [-0.2, -0.15) is 12.6 Å². The molecule has 78 heavy (non-hydrogen) atoms. The number of hydrogen-bond acceptors (Lipinski definition) is 3. The highest BCUT2D eigenvalue weighted by Gasteiger charge is 2.53. The Kier molecular flexibility index (Phi) is 13.3. The first-order chi connectivity index (χ1) is 38.5. The van der Waals surface area contributed by atoms with Crippen LogP contribution in [0.25, 0.3) is 33.4 Å². The third-order valence-electron chi connectivity index (χ3n) is 17.5. The van der Waals surface area contributed by atoms with Crippen LogP contribution in [-0.4, -0.2) is 6.26 Å². The van der Waals surface area contributed by atoms with Crippen molar-refractivity contribution < 1.29 is 0 Å². The third kappa shape index (κ3) is 8.60. The van der Waals surface area contributed by atoms with Gasteiger partial charge in [0.15, 0.2) is 0 Å². The molecule has 7 aromatic rings. The number of fused-ring (bicyclic) bond motifs is 9. The molecule has 2 atom stereocenters. The van der Waals surface area contributed by atoms with E-state index in [0.717, 1.165) is 74.8 Å². The van der Waals surface area contributed by atoms with Crippen molar-refractivity contribution in [3.05, 3.63) is 310 Å². The van der Waals surface area contributed by atoms with E-state index >= 15 is 0 Å². The van der Waals surface area contributed by atoms with Gasteiger partial charge in [-0.25, -0.2) is 0 Å². The molecule has 0 aromatic heterocycles.